The highest BCUT2D eigenvalue weighted by Gasteiger charge is 1.97. The van der Waals surface area contributed by atoms with Gasteiger partial charge in [-0.2, -0.15) is 11.8 Å². The molecule has 0 radical (unpaired) electrons. The number of nitrogens with one attached hydrogen (secondary N) is 1. The topological polar surface area (TPSA) is 37.8 Å². The van der Waals surface area contributed by atoms with E-state index in [0.717, 1.165) is 12.3 Å². The van der Waals surface area contributed by atoms with Gasteiger partial charge in [0.05, 0.1) is 0 Å². The molecule has 2 rings (SSSR count). The Morgan fingerprint density at radius 2 is 1.88 bits per heavy atom. The smallest absolute Gasteiger partial charge is 0.222 e. The summed E-state index contributed by atoms with van der Waals surface area (Å²) in [5.41, 5.74) is 2.61. The Bertz CT molecular complexity index is 459. The third kappa shape index (κ3) is 3.75. The summed E-state index contributed by atoms with van der Waals surface area (Å²) in [6.45, 7) is 0.756. The molecular formula is C13H15N3S. The van der Waals surface area contributed by atoms with Crippen molar-refractivity contribution in [3.8, 4) is 0 Å². The van der Waals surface area contributed by atoms with Gasteiger partial charge in [0.1, 0.15) is 0 Å². The third-order valence-electron chi connectivity index (χ3n) is 2.32. The van der Waals surface area contributed by atoms with E-state index in [1.807, 2.05) is 17.8 Å². The van der Waals surface area contributed by atoms with Crippen LogP contribution in [0.5, 0.6) is 0 Å². The number of benzene rings is 1. The maximum absolute atomic E-state index is 4.13. The Balaban J connectivity index is 1.97. The zero-order chi connectivity index (χ0) is 11.9. The predicted octanol–water partition coefficient (Wildman–Crippen LogP) is 2.95. The molecule has 88 valence electrons. The second-order valence-corrected chi connectivity index (χ2v) is 4.54. The maximum Gasteiger partial charge on any atom is 0.222 e. The molecule has 2 aromatic rings. The molecule has 0 bridgehead atoms. The molecule has 0 spiro atoms. The van der Waals surface area contributed by atoms with E-state index in [9.17, 15) is 0 Å². The van der Waals surface area contributed by atoms with Crippen LogP contribution in [0.2, 0.25) is 0 Å². The van der Waals surface area contributed by atoms with Crippen LogP contribution < -0.4 is 5.32 Å². The minimum atomic E-state index is 0.669. The van der Waals surface area contributed by atoms with Crippen LogP contribution in [0.3, 0.4) is 0 Å². The fourth-order valence-electron chi connectivity index (χ4n) is 1.57. The summed E-state index contributed by atoms with van der Waals surface area (Å²) < 4.78 is 0. The fourth-order valence-corrected chi connectivity index (χ4v) is 2.08. The number of anilines is 1. The Morgan fingerprint density at radius 1 is 1.12 bits per heavy atom. The average Bonchev–Trinajstić information content (AvgIpc) is 2.39. The fraction of sp³-hybridized carbons (Fsp3) is 0.231. The summed E-state index contributed by atoms with van der Waals surface area (Å²) in [7, 11) is 0. The quantitative estimate of drug-likeness (QED) is 0.879. The summed E-state index contributed by atoms with van der Waals surface area (Å²) in [5.74, 6) is 1.72. The highest BCUT2D eigenvalue weighted by molar-refractivity contribution is 7.97. The zero-order valence-electron chi connectivity index (χ0n) is 9.76. The van der Waals surface area contributed by atoms with Crippen molar-refractivity contribution in [3.63, 3.8) is 0 Å². The average molecular weight is 245 g/mol. The van der Waals surface area contributed by atoms with E-state index in [1.165, 1.54) is 11.1 Å². The molecule has 4 heteroatoms. The van der Waals surface area contributed by atoms with Crippen LogP contribution in [-0.4, -0.2) is 16.2 Å². The van der Waals surface area contributed by atoms with Crippen LogP contribution in [0.4, 0.5) is 5.95 Å². The van der Waals surface area contributed by atoms with Crippen LogP contribution in [0.25, 0.3) is 0 Å². The van der Waals surface area contributed by atoms with E-state index >= 15 is 0 Å². The van der Waals surface area contributed by atoms with Crippen molar-refractivity contribution in [1.82, 2.24) is 9.97 Å². The number of aromatic nitrogens is 2. The molecule has 0 amide bonds. The first-order valence-corrected chi connectivity index (χ1v) is 6.85. The van der Waals surface area contributed by atoms with E-state index in [1.54, 1.807) is 12.4 Å². The minimum absolute atomic E-state index is 0.669. The molecule has 0 atom stereocenters. The van der Waals surface area contributed by atoms with Crippen molar-refractivity contribution in [2.24, 2.45) is 0 Å². The molecule has 0 fully saturated rings. The molecule has 0 saturated heterocycles. The van der Waals surface area contributed by atoms with E-state index in [0.29, 0.717) is 5.95 Å². The summed E-state index contributed by atoms with van der Waals surface area (Å²) in [5, 5.41) is 3.20. The molecule has 3 nitrogen and oxygen atoms in total. The number of thioether (sulfide) groups is 1. The van der Waals surface area contributed by atoms with Crippen molar-refractivity contribution >= 4 is 17.7 Å². The van der Waals surface area contributed by atoms with Gasteiger partial charge >= 0.3 is 0 Å². The van der Waals surface area contributed by atoms with Crippen LogP contribution in [0.15, 0.2) is 42.7 Å². The largest absolute Gasteiger partial charge is 0.350 e. The van der Waals surface area contributed by atoms with Gasteiger partial charge in [0.15, 0.2) is 0 Å². The van der Waals surface area contributed by atoms with Crippen molar-refractivity contribution in [2.45, 2.75) is 12.3 Å². The van der Waals surface area contributed by atoms with Crippen molar-refractivity contribution in [1.29, 1.82) is 0 Å². The first-order valence-electron chi connectivity index (χ1n) is 5.46. The van der Waals surface area contributed by atoms with Crippen LogP contribution >= 0.6 is 11.8 Å². The lowest BCUT2D eigenvalue weighted by molar-refractivity contribution is 1.05. The molecule has 0 unspecified atom stereocenters. The van der Waals surface area contributed by atoms with E-state index < -0.39 is 0 Å². The Labute approximate surface area is 106 Å². The highest BCUT2D eigenvalue weighted by atomic mass is 32.2. The van der Waals surface area contributed by atoms with E-state index in [-0.39, 0.29) is 0 Å². The lowest BCUT2D eigenvalue weighted by atomic mass is 10.1. The van der Waals surface area contributed by atoms with Gasteiger partial charge in [0.2, 0.25) is 5.95 Å². The molecule has 1 aromatic carbocycles. The number of nitrogens with zero attached hydrogens (tertiary/aromatic N) is 2. The van der Waals surface area contributed by atoms with Crippen molar-refractivity contribution in [2.75, 3.05) is 11.6 Å². The molecule has 1 N–H and O–H groups in total. The lowest BCUT2D eigenvalue weighted by Gasteiger charge is -2.06. The summed E-state index contributed by atoms with van der Waals surface area (Å²) in [4.78, 5) is 8.25. The van der Waals surface area contributed by atoms with Crippen LogP contribution in [0, 0.1) is 0 Å². The van der Waals surface area contributed by atoms with Gasteiger partial charge in [-0.25, -0.2) is 9.97 Å². The minimum Gasteiger partial charge on any atom is -0.350 e. The van der Waals surface area contributed by atoms with Gasteiger partial charge in [-0.3, -0.25) is 0 Å². The van der Waals surface area contributed by atoms with Crippen LogP contribution in [-0.2, 0) is 12.3 Å². The summed E-state index contributed by atoms with van der Waals surface area (Å²) >= 11 is 1.83. The van der Waals surface area contributed by atoms with Gasteiger partial charge in [-0.15, -0.1) is 0 Å². The number of rotatable bonds is 5. The van der Waals surface area contributed by atoms with Crippen LogP contribution in [0.1, 0.15) is 11.1 Å². The summed E-state index contributed by atoms with van der Waals surface area (Å²) in [6.07, 6.45) is 5.59. The van der Waals surface area contributed by atoms with Gasteiger partial charge < -0.3 is 5.32 Å². The van der Waals surface area contributed by atoms with Gasteiger partial charge in [-0.05, 0) is 23.4 Å². The molecule has 0 aliphatic carbocycles. The molecular weight excluding hydrogens is 230 g/mol. The maximum atomic E-state index is 4.13. The Hall–Kier alpha value is -1.55. The second-order valence-electron chi connectivity index (χ2n) is 3.68. The third-order valence-corrected chi connectivity index (χ3v) is 2.94. The first kappa shape index (κ1) is 11.9. The molecule has 0 aliphatic heterocycles. The SMILES string of the molecule is CSCc1cccc(CNc2ncccn2)c1. The lowest BCUT2D eigenvalue weighted by Crippen LogP contribution is -2.03. The first-order chi connectivity index (χ1) is 8.38. The summed E-state index contributed by atoms with van der Waals surface area (Å²) in [6, 6.07) is 10.4. The molecule has 0 aliphatic rings. The molecule has 1 aromatic heterocycles. The van der Waals surface area contributed by atoms with Gasteiger partial charge in [-0.1, -0.05) is 24.3 Å². The molecule has 17 heavy (non-hydrogen) atoms. The molecule has 0 saturated carbocycles. The Morgan fingerprint density at radius 3 is 2.65 bits per heavy atom. The Kier molecular flexibility index (Phi) is 4.38. The zero-order valence-corrected chi connectivity index (χ0v) is 10.6. The highest BCUT2D eigenvalue weighted by Crippen LogP contribution is 2.12. The second kappa shape index (κ2) is 6.25. The standard InChI is InChI=1S/C13H15N3S/c1-17-10-12-5-2-4-11(8-12)9-16-13-14-6-3-7-15-13/h2-8H,9-10H2,1H3,(H,14,15,16). The van der Waals surface area contributed by atoms with Crippen molar-refractivity contribution < 1.29 is 0 Å². The monoisotopic (exact) mass is 245 g/mol. The predicted molar refractivity (Wildman–Crippen MR) is 73.0 cm³/mol. The van der Waals surface area contributed by atoms with Crippen molar-refractivity contribution in [3.05, 3.63) is 53.9 Å². The van der Waals surface area contributed by atoms with E-state index in [2.05, 4.69) is 45.8 Å². The number of hydrogen-bond donors (Lipinski definition) is 1. The normalized spacial score (nSPS) is 10.2. The van der Waals surface area contributed by atoms with Gasteiger partial charge in [0.25, 0.3) is 0 Å². The van der Waals surface area contributed by atoms with E-state index in [4.69, 9.17) is 0 Å². The molecule has 1 heterocycles. The number of hydrogen-bond acceptors (Lipinski definition) is 4. The van der Waals surface area contributed by atoms with Gasteiger partial charge in [0, 0.05) is 24.7 Å².